The molecule has 1 aliphatic rings. The lowest BCUT2D eigenvalue weighted by Crippen LogP contribution is -2.32. The minimum absolute atomic E-state index is 0.0596. The molecule has 1 atom stereocenters. The highest BCUT2D eigenvalue weighted by Gasteiger charge is 2.30. The Morgan fingerprint density at radius 1 is 1.38 bits per heavy atom. The number of amides is 1. The molecule has 0 radical (unpaired) electrons. The van der Waals surface area contributed by atoms with Crippen molar-refractivity contribution in [3.05, 3.63) is 35.7 Å². The Bertz CT molecular complexity index is 695. The summed E-state index contributed by atoms with van der Waals surface area (Å²) in [6.45, 7) is 4.56. The molecule has 0 aliphatic carbocycles. The number of hydrogen-bond donors (Lipinski definition) is 1. The van der Waals surface area contributed by atoms with Crippen LogP contribution in [-0.2, 0) is 10.0 Å². The third kappa shape index (κ3) is 4.07. The number of nitrogens with zero attached hydrogens (tertiary/aromatic N) is 1. The average Bonchev–Trinajstić information content (AvgIpc) is 3.07. The van der Waals surface area contributed by atoms with Crippen molar-refractivity contribution in [1.82, 2.24) is 9.62 Å². The summed E-state index contributed by atoms with van der Waals surface area (Å²) in [5.41, 5.74) is 0.384. The Morgan fingerprint density at radius 2 is 2.00 bits per heavy atom. The van der Waals surface area contributed by atoms with Gasteiger partial charge in [-0.1, -0.05) is 12.6 Å². The molecule has 1 N–H and O–H groups in total. The molecular weight excluding hydrogens is 332 g/mol. The van der Waals surface area contributed by atoms with Gasteiger partial charge in [0.05, 0.1) is 14.2 Å². The van der Waals surface area contributed by atoms with E-state index in [1.165, 1.54) is 14.2 Å². The van der Waals surface area contributed by atoms with E-state index in [2.05, 4.69) is 11.3 Å². The topological polar surface area (TPSA) is 84.9 Å². The van der Waals surface area contributed by atoms with Crippen molar-refractivity contribution >= 4 is 15.9 Å². The van der Waals surface area contributed by atoms with E-state index in [0.29, 0.717) is 30.2 Å². The lowest BCUT2D eigenvalue weighted by molar-refractivity contribution is 0.0780. The van der Waals surface area contributed by atoms with Crippen LogP contribution in [0.5, 0.6) is 11.5 Å². The summed E-state index contributed by atoms with van der Waals surface area (Å²) in [5, 5.41) is 0.880. The van der Waals surface area contributed by atoms with Crippen molar-refractivity contribution in [2.75, 3.05) is 33.9 Å². The van der Waals surface area contributed by atoms with Gasteiger partial charge in [-0.05, 0) is 24.5 Å². The van der Waals surface area contributed by atoms with Crippen LogP contribution in [0.25, 0.3) is 0 Å². The van der Waals surface area contributed by atoms with Crippen molar-refractivity contribution in [2.24, 2.45) is 5.92 Å². The highest BCUT2D eigenvalue weighted by atomic mass is 32.2. The van der Waals surface area contributed by atoms with Crippen LogP contribution in [0.15, 0.2) is 30.2 Å². The molecule has 0 bridgehead atoms. The fourth-order valence-electron chi connectivity index (χ4n) is 2.70. The molecule has 7 nitrogen and oxygen atoms in total. The van der Waals surface area contributed by atoms with E-state index in [4.69, 9.17) is 9.47 Å². The van der Waals surface area contributed by atoms with Gasteiger partial charge in [-0.25, -0.2) is 13.1 Å². The molecular formula is C16H22N2O5S. The molecule has 24 heavy (non-hydrogen) atoms. The second-order valence-electron chi connectivity index (χ2n) is 5.50. The van der Waals surface area contributed by atoms with Gasteiger partial charge in [-0.2, -0.15) is 0 Å². The fourth-order valence-corrected chi connectivity index (χ4v) is 3.28. The smallest absolute Gasteiger partial charge is 0.261 e. The Labute approximate surface area is 142 Å². The lowest BCUT2D eigenvalue weighted by Gasteiger charge is -2.20. The SMILES string of the molecule is C=CS(=O)(=O)NC[C@H]1CCN(C(=O)c2c(OC)cccc2OC)C1. The number of sulfonamides is 1. The van der Waals surface area contributed by atoms with Crippen LogP contribution in [0.4, 0.5) is 0 Å². The molecule has 1 saturated heterocycles. The van der Waals surface area contributed by atoms with Crippen molar-refractivity contribution in [3.63, 3.8) is 0 Å². The number of carbonyl (C=O) groups excluding carboxylic acids is 1. The van der Waals surface area contributed by atoms with Crippen LogP contribution < -0.4 is 14.2 Å². The third-order valence-corrected chi connectivity index (χ3v) is 5.02. The minimum atomic E-state index is -3.45. The molecule has 2 rings (SSSR count). The molecule has 1 amide bonds. The number of methoxy groups -OCH3 is 2. The van der Waals surface area contributed by atoms with Gasteiger partial charge in [0, 0.05) is 25.0 Å². The molecule has 0 spiro atoms. The molecule has 8 heteroatoms. The molecule has 1 heterocycles. The predicted molar refractivity (Wildman–Crippen MR) is 90.7 cm³/mol. The van der Waals surface area contributed by atoms with Crippen molar-refractivity contribution in [1.29, 1.82) is 0 Å². The zero-order valence-electron chi connectivity index (χ0n) is 13.8. The standard InChI is InChI=1S/C16H22N2O5S/c1-4-24(20,21)17-10-12-8-9-18(11-12)16(19)15-13(22-2)6-5-7-14(15)23-3/h4-7,12,17H,1,8-11H2,2-3H3/t12-/m1/s1. The van der Waals surface area contributed by atoms with E-state index < -0.39 is 10.0 Å². The highest BCUT2D eigenvalue weighted by Crippen LogP contribution is 2.31. The monoisotopic (exact) mass is 354 g/mol. The molecule has 0 aromatic heterocycles. The van der Waals surface area contributed by atoms with Gasteiger partial charge in [0.1, 0.15) is 17.1 Å². The van der Waals surface area contributed by atoms with Crippen LogP contribution in [0.1, 0.15) is 16.8 Å². The summed E-state index contributed by atoms with van der Waals surface area (Å²) in [4.78, 5) is 14.5. The first kappa shape index (κ1) is 18.3. The summed E-state index contributed by atoms with van der Waals surface area (Å²) in [5.74, 6) is 0.785. The largest absolute Gasteiger partial charge is 0.496 e. The maximum Gasteiger partial charge on any atom is 0.261 e. The second kappa shape index (κ2) is 7.67. The number of nitrogens with one attached hydrogen (secondary N) is 1. The van der Waals surface area contributed by atoms with Crippen molar-refractivity contribution < 1.29 is 22.7 Å². The first-order valence-electron chi connectivity index (χ1n) is 7.54. The van der Waals surface area contributed by atoms with Crippen LogP contribution >= 0.6 is 0 Å². The third-order valence-electron chi connectivity index (χ3n) is 4.01. The molecule has 1 fully saturated rings. The quantitative estimate of drug-likeness (QED) is 0.796. The van der Waals surface area contributed by atoms with E-state index >= 15 is 0 Å². The van der Waals surface area contributed by atoms with E-state index in [-0.39, 0.29) is 18.4 Å². The summed E-state index contributed by atoms with van der Waals surface area (Å²) in [6.07, 6.45) is 0.725. The Hall–Kier alpha value is -2.06. The number of ether oxygens (including phenoxy) is 2. The second-order valence-corrected chi connectivity index (χ2v) is 7.22. The molecule has 1 aliphatic heterocycles. The normalized spacial score (nSPS) is 17.6. The highest BCUT2D eigenvalue weighted by molar-refractivity contribution is 7.92. The van der Waals surface area contributed by atoms with Crippen LogP contribution in [0.2, 0.25) is 0 Å². The van der Waals surface area contributed by atoms with Gasteiger partial charge in [0.2, 0.25) is 10.0 Å². The minimum Gasteiger partial charge on any atom is -0.496 e. The van der Waals surface area contributed by atoms with Crippen LogP contribution in [0, 0.1) is 5.92 Å². The number of likely N-dealkylation sites (tertiary alicyclic amines) is 1. The van der Waals surface area contributed by atoms with Crippen LogP contribution in [0.3, 0.4) is 0 Å². The number of hydrogen-bond acceptors (Lipinski definition) is 5. The zero-order valence-corrected chi connectivity index (χ0v) is 14.6. The molecule has 0 unspecified atom stereocenters. The van der Waals surface area contributed by atoms with Gasteiger partial charge >= 0.3 is 0 Å². The van der Waals surface area contributed by atoms with E-state index in [9.17, 15) is 13.2 Å². The molecule has 1 aromatic carbocycles. The Balaban J connectivity index is 2.09. The number of rotatable bonds is 7. The van der Waals surface area contributed by atoms with Gasteiger partial charge in [0.15, 0.2) is 0 Å². The maximum absolute atomic E-state index is 12.8. The summed E-state index contributed by atoms with van der Waals surface area (Å²) < 4.78 is 35.8. The first-order chi connectivity index (χ1) is 11.4. The fraction of sp³-hybridized carbons (Fsp3) is 0.438. The number of benzene rings is 1. The van der Waals surface area contributed by atoms with Gasteiger partial charge < -0.3 is 14.4 Å². The Kier molecular flexibility index (Phi) is 5.84. The molecule has 1 aromatic rings. The summed E-state index contributed by atoms with van der Waals surface area (Å²) >= 11 is 0. The summed E-state index contributed by atoms with van der Waals surface area (Å²) in [7, 11) is -0.443. The molecule has 0 saturated carbocycles. The summed E-state index contributed by atoms with van der Waals surface area (Å²) in [6, 6.07) is 5.17. The van der Waals surface area contributed by atoms with E-state index in [1.54, 1.807) is 23.1 Å². The lowest BCUT2D eigenvalue weighted by atomic mass is 10.1. The van der Waals surface area contributed by atoms with E-state index in [0.717, 1.165) is 11.8 Å². The van der Waals surface area contributed by atoms with E-state index in [1.807, 2.05) is 0 Å². The number of carbonyl (C=O) groups is 1. The predicted octanol–water partition coefficient (Wildman–Crippen LogP) is 1.23. The van der Waals surface area contributed by atoms with Gasteiger partial charge in [0.25, 0.3) is 5.91 Å². The maximum atomic E-state index is 12.8. The van der Waals surface area contributed by atoms with Crippen molar-refractivity contribution in [3.8, 4) is 11.5 Å². The first-order valence-corrected chi connectivity index (χ1v) is 9.08. The van der Waals surface area contributed by atoms with Crippen molar-refractivity contribution in [2.45, 2.75) is 6.42 Å². The zero-order chi connectivity index (χ0) is 17.7. The Morgan fingerprint density at radius 3 is 2.54 bits per heavy atom. The molecule has 132 valence electrons. The van der Waals surface area contributed by atoms with Crippen LogP contribution in [-0.4, -0.2) is 53.1 Å². The van der Waals surface area contributed by atoms with Gasteiger partial charge in [-0.15, -0.1) is 0 Å². The van der Waals surface area contributed by atoms with Gasteiger partial charge in [-0.3, -0.25) is 4.79 Å². The average molecular weight is 354 g/mol.